The Hall–Kier alpha value is -3.06. The molecular formula is C23H28N4O3. The van der Waals surface area contributed by atoms with Gasteiger partial charge in [0.05, 0.1) is 36.7 Å². The van der Waals surface area contributed by atoms with Crippen LogP contribution in [-0.2, 0) is 0 Å². The molecule has 0 N–H and O–H groups in total. The van der Waals surface area contributed by atoms with E-state index in [2.05, 4.69) is 27.0 Å². The molecule has 3 aromatic rings. The van der Waals surface area contributed by atoms with E-state index in [0.717, 1.165) is 63.1 Å². The largest absolute Gasteiger partial charge is 0.495 e. The lowest BCUT2D eigenvalue weighted by molar-refractivity contribution is 0.112. The molecule has 158 valence electrons. The lowest BCUT2D eigenvalue weighted by Crippen LogP contribution is -2.46. The van der Waals surface area contributed by atoms with Crippen LogP contribution in [0.25, 0.3) is 5.52 Å². The minimum Gasteiger partial charge on any atom is -0.495 e. The highest BCUT2D eigenvalue weighted by Gasteiger charge is 2.19. The number of carbonyl (C=O) groups excluding carboxylic acids is 1. The second-order valence-corrected chi connectivity index (χ2v) is 7.43. The summed E-state index contributed by atoms with van der Waals surface area (Å²) >= 11 is 0. The third kappa shape index (κ3) is 4.41. The molecule has 3 heterocycles. The Balaban J connectivity index is 1.19. The molecule has 2 aromatic heterocycles. The van der Waals surface area contributed by atoms with Gasteiger partial charge in [-0.2, -0.15) is 5.10 Å². The number of hydrogen-bond donors (Lipinski definition) is 0. The van der Waals surface area contributed by atoms with E-state index in [1.165, 1.54) is 5.69 Å². The standard InChI is InChI=1S/C23H28N4O3/c1-29-22-9-3-2-7-21(22)26-14-12-25(13-15-26)11-4-5-16-30-23-10-6-8-20-19(18-28)17-24-27(20)23/h2-3,6-10,17-18H,4-5,11-16H2,1H3. The van der Waals surface area contributed by atoms with Gasteiger partial charge < -0.3 is 14.4 Å². The first-order valence-corrected chi connectivity index (χ1v) is 10.4. The Morgan fingerprint density at radius 3 is 2.67 bits per heavy atom. The number of methoxy groups -OCH3 is 1. The van der Waals surface area contributed by atoms with E-state index >= 15 is 0 Å². The van der Waals surface area contributed by atoms with Crippen molar-refractivity contribution in [3.63, 3.8) is 0 Å². The molecule has 4 rings (SSSR count). The first-order valence-electron chi connectivity index (χ1n) is 10.4. The summed E-state index contributed by atoms with van der Waals surface area (Å²) in [6.07, 6.45) is 4.45. The van der Waals surface area contributed by atoms with Crippen LogP contribution in [0, 0.1) is 0 Å². The number of unbranched alkanes of at least 4 members (excludes halogenated alkanes) is 1. The summed E-state index contributed by atoms with van der Waals surface area (Å²) in [7, 11) is 1.73. The Labute approximate surface area is 176 Å². The number of para-hydroxylation sites is 2. The summed E-state index contributed by atoms with van der Waals surface area (Å²) in [6.45, 7) is 5.84. The van der Waals surface area contributed by atoms with Crippen molar-refractivity contribution in [3.05, 3.63) is 54.2 Å². The second kappa shape index (κ2) is 9.63. The van der Waals surface area contributed by atoms with Crippen molar-refractivity contribution in [2.75, 3.05) is 51.3 Å². The molecule has 1 fully saturated rings. The van der Waals surface area contributed by atoms with Crippen LogP contribution in [0.15, 0.2) is 48.7 Å². The zero-order valence-electron chi connectivity index (χ0n) is 17.4. The summed E-state index contributed by atoms with van der Waals surface area (Å²) < 4.78 is 13.1. The zero-order chi connectivity index (χ0) is 20.8. The molecule has 1 saturated heterocycles. The number of rotatable bonds is 9. The summed E-state index contributed by atoms with van der Waals surface area (Å²) in [5.74, 6) is 1.61. The number of hydrogen-bond acceptors (Lipinski definition) is 6. The van der Waals surface area contributed by atoms with Crippen molar-refractivity contribution in [2.45, 2.75) is 12.8 Å². The zero-order valence-corrected chi connectivity index (χ0v) is 17.4. The molecule has 30 heavy (non-hydrogen) atoms. The molecule has 1 aromatic carbocycles. The van der Waals surface area contributed by atoms with E-state index in [0.29, 0.717) is 18.1 Å². The summed E-state index contributed by atoms with van der Waals surface area (Å²) in [5, 5.41) is 4.24. The summed E-state index contributed by atoms with van der Waals surface area (Å²) in [4.78, 5) is 16.0. The highest BCUT2D eigenvalue weighted by Crippen LogP contribution is 2.28. The minimum absolute atomic E-state index is 0.577. The van der Waals surface area contributed by atoms with Gasteiger partial charge in [0.2, 0.25) is 5.88 Å². The molecule has 0 aliphatic carbocycles. The number of aldehydes is 1. The van der Waals surface area contributed by atoms with Crippen LogP contribution in [0.4, 0.5) is 5.69 Å². The van der Waals surface area contributed by atoms with Crippen LogP contribution >= 0.6 is 0 Å². The van der Waals surface area contributed by atoms with E-state index in [9.17, 15) is 4.79 Å². The first kappa shape index (κ1) is 20.2. The highest BCUT2D eigenvalue weighted by molar-refractivity contribution is 5.85. The fraction of sp³-hybridized carbons (Fsp3) is 0.391. The number of fused-ring (bicyclic) bond motifs is 1. The molecule has 0 amide bonds. The van der Waals surface area contributed by atoms with E-state index in [-0.39, 0.29) is 0 Å². The van der Waals surface area contributed by atoms with Crippen LogP contribution in [0.1, 0.15) is 23.2 Å². The number of aromatic nitrogens is 2. The van der Waals surface area contributed by atoms with Crippen molar-refractivity contribution < 1.29 is 14.3 Å². The van der Waals surface area contributed by atoms with Gasteiger partial charge in [-0.25, -0.2) is 4.52 Å². The number of carbonyl (C=O) groups is 1. The van der Waals surface area contributed by atoms with E-state index < -0.39 is 0 Å². The number of anilines is 1. The molecule has 7 nitrogen and oxygen atoms in total. The quantitative estimate of drug-likeness (QED) is 0.401. The fourth-order valence-corrected chi connectivity index (χ4v) is 3.92. The number of nitrogens with zero attached hydrogens (tertiary/aromatic N) is 4. The van der Waals surface area contributed by atoms with Gasteiger partial charge in [-0.1, -0.05) is 18.2 Å². The van der Waals surface area contributed by atoms with Crippen molar-refractivity contribution in [1.29, 1.82) is 0 Å². The summed E-state index contributed by atoms with van der Waals surface area (Å²) in [5.41, 5.74) is 2.53. The Morgan fingerprint density at radius 1 is 1.03 bits per heavy atom. The SMILES string of the molecule is COc1ccccc1N1CCN(CCCCOc2cccc3c(C=O)cnn23)CC1. The molecule has 0 atom stereocenters. The monoisotopic (exact) mass is 408 g/mol. The smallest absolute Gasteiger partial charge is 0.214 e. The molecule has 0 radical (unpaired) electrons. The first-order chi connectivity index (χ1) is 14.8. The van der Waals surface area contributed by atoms with Crippen molar-refractivity contribution in [3.8, 4) is 11.6 Å². The van der Waals surface area contributed by atoms with Gasteiger partial charge in [-0.3, -0.25) is 9.69 Å². The molecule has 7 heteroatoms. The van der Waals surface area contributed by atoms with Gasteiger partial charge in [-0.05, 0) is 37.6 Å². The van der Waals surface area contributed by atoms with Crippen LogP contribution in [0.3, 0.4) is 0 Å². The number of ether oxygens (including phenoxy) is 2. The Bertz CT molecular complexity index is 979. The van der Waals surface area contributed by atoms with Gasteiger partial charge in [0.1, 0.15) is 5.75 Å². The molecule has 0 bridgehead atoms. The predicted molar refractivity (Wildman–Crippen MR) is 117 cm³/mol. The number of pyridine rings is 1. The molecule has 0 spiro atoms. The third-order valence-electron chi connectivity index (χ3n) is 5.58. The van der Waals surface area contributed by atoms with Crippen LogP contribution < -0.4 is 14.4 Å². The lowest BCUT2D eigenvalue weighted by atomic mass is 10.2. The van der Waals surface area contributed by atoms with E-state index in [1.807, 2.05) is 30.3 Å². The van der Waals surface area contributed by atoms with E-state index in [1.54, 1.807) is 17.8 Å². The molecule has 0 unspecified atom stereocenters. The highest BCUT2D eigenvalue weighted by atomic mass is 16.5. The van der Waals surface area contributed by atoms with E-state index in [4.69, 9.17) is 9.47 Å². The maximum Gasteiger partial charge on any atom is 0.214 e. The molecule has 1 aliphatic rings. The third-order valence-corrected chi connectivity index (χ3v) is 5.58. The van der Waals surface area contributed by atoms with Crippen molar-refractivity contribution in [2.24, 2.45) is 0 Å². The Morgan fingerprint density at radius 2 is 1.87 bits per heavy atom. The summed E-state index contributed by atoms with van der Waals surface area (Å²) in [6, 6.07) is 13.9. The van der Waals surface area contributed by atoms with Gasteiger partial charge in [-0.15, -0.1) is 0 Å². The van der Waals surface area contributed by atoms with Crippen LogP contribution in [0.5, 0.6) is 11.6 Å². The van der Waals surface area contributed by atoms with Crippen LogP contribution in [-0.4, -0.2) is 67.2 Å². The second-order valence-electron chi connectivity index (χ2n) is 7.43. The Kier molecular flexibility index (Phi) is 6.49. The normalized spacial score (nSPS) is 14.8. The van der Waals surface area contributed by atoms with Gasteiger partial charge >= 0.3 is 0 Å². The molecule has 1 aliphatic heterocycles. The maximum absolute atomic E-state index is 11.1. The number of benzene rings is 1. The lowest BCUT2D eigenvalue weighted by Gasteiger charge is -2.36. The molecule has 0 saturated carbocycles. The predicted octanol–water partition coefficient (Wildman–Crippen LogP) is 3.14. The fourth-order valence-electron chi connectivity index (χ4n) is 3.92. The topological polar surface area (TPSA) is 59.3 Å². The maximum atomic E-state index is 11.1. The van der Waals surface area contributed by atoms with Crippen molar-refractivity contribution >= 4 is 17.5 Å². The average Bonchev–Trinajstić information content (AvgIpc) is 3.23. The van der Waals surface area contributed by atoms with Gasteiger partial charge in [0, 0.05) is 32.2 Å². The number of piperazine rings is 1. The van der Waals surface area contributed by atoms with Crippen LogP contribution in [0.2, 0.25) is 0 Å². The minimum atomic E-state index is 0.577. The van der Waals surface area contributed by atoms with Crippen molar-refractivity contribution in [1.82, 2.24) is 14.5 Å². The average molecular weight is 409 g/mol. The van der Waals surface area contributed by atoms with Gasteiger partial charge in [0.25, 0.3) is 0 Å². The molecular weight excluding hydrogens is 380 g/mol. The van der Waals surface area contributed by atoms with Gasteiger partial charge in [0.15, 0.2) is 6.29 Å².